The van der Waals surface area contributed by atoms with Gasteiger partial charge in [0.15, 0.2) is 11.5 Å². The number of benzene rings is 3. The van der Waals surface area contributed by atoms with Crippen molar-refractivity contribution in [1.82, 2.24) is 0 Å². The van der Waals surface area contributed by atoms with Gasteiger partial charge in [0.2, 0.25) is 0 Å². The summed E-state index contributed by atoms with van der Waals surface area (Å²) in [6.45, 7) is 3.78. The van der Waals surface area contributed by atoms with Gasteiger partial charge in [-0.05, 0) is 54.5 Å². The Morgan fingerprint density at radius 3 is 2.65 bits per heavy atom. The van der Waals surface area contributed by atoms with Gasteiger partial charge < -0.3 is 14.8 Å². The van der Waals surface area contributed by atoms with Crippen molar-refractivity contribution in [3.05, 3.63) is 106 Å². The van der Waals surface area contributed by atoms with E-state index in [-0.39, 0.29) is 18.0 Å². The minimum Gasteiger partial charge on any atom is -0.493 e. The van der Waals surface area contributed by atoms with Crippen molar-refractivity contribution >= 4 is 29.3 Å². The quantitative estimate of drug-likeness (QED) is 0.222. The highest BCUT2D eigenvalue weighted by Crippen LogP contribution is 2.35. The molecule has 0 aliphatic carbocycles. The molecule has 1 N–H and O–H groups in total. The second-order valence-corrected chi connectivity index (χ2v) is 7.66. The Bertz CT molecular complexity index is 1280. The van der Waals surface area contributed by atoms with E-state index in [1.165, 1.54) is 19.3 Å². The molecule has 172 valence electrons. The number of methoxy groups -OCH3 is 1. The highest BCUT2D eigenvalue weighted by atomic mass is 35.5. The number of carbonyl (C=O) groups excluding carboxylic acids is 1. The van der Waals surface area contributed by atoms with Gasteiger partial charge in [0, 0.05) is 21.8 Å². The summed E-state index contributed by atoms with van der Waals surface area (Å²) >= 11 is 5.95. The molecular weight excluding hydrogens is 455 g/mol. The molecule has 0 fully saturated rings. The Labute approximate surface area is 202 Å². The smallest absolute Gasteiger partial charge is 0.266 e. The number of carbonyl (C=O) groups is 1. The predicted octanol–water partition coefficient (Wildman–Crippen LogP) is 6.34. The van der Waals surface area contributed by atoms with Gasteiger partial charge in [0.25, 0.3) is 5.91 Å². The Morgan fingerprint density at radius 2 is 1.97 bits per heavy atom. The summed E-state index contributed by atoms with van der Waals surface area (Å²) in [5, 5.41) is 12.7. The van der Waals surface area contributed by atoms with Crippen LogP contribution in [-0.4, -0.2) is 13.0 Å². The van der Waals surface area contributed by atoms with E-state index in [4.69, 9.17) is 21.1 Å². The zero-order chi connectivity index (χ0) is 24.5. The number of rotatable bonds is 9. The molecule has 3 rings (SSSR count). The van der Waals surface area contributed by atoms with Gasteiger partial charge >= 0.3 is 0 Å². The van der Waals surface area contributed by atoms with Gasteiger partial charge in [0.1, 0.15) is 24.1 Å². The fourth-order valence-corrected chi connectivity index (χ4v) is 3.43. The van der Waals surface area contributed by atoms with E-state index in [1.807, 2.05) is 6.07 Å². The summed E-state index contributed by atoms with van der Waals surface area (Å²) in [6.07, 6.45) is 3.58. The molecule has 0 aromatic heterocycles. The maximum Gasteiger partial charge on any atom is 0.266 e. The molecule has 0 heterocycles. The molecule has 3 aromatic carbocycles. The van der Waals surface area contributed by atoms with Crippen molar-refractivity contribution in [2.45, 2.75) is 13.0 Å². The lowest BCUT2D eigenvalue weighted by Crippen LogP contribution is -2.13. The zero-order valence-electron chi connectivity index (χ0n) is 18.5. The normalized spacial score (nSPS) is 10.8. The Hall–Kier alpha value is -4.08. The van der Waals surface area contributed by atoms with Crippen LogP contribution in [0.1, 0.15) is 16.7 Å². The van der Waals surface area contributed by atoms with Crippen molar-refractivity contribution in [3.63, 3.8) is 0 Å². The van der Waals surface area contributed by atoms with Crippen LogP contribution in [0.2, 0.25) is 5.02 Å². The Kier molecular flexibility index (Phi) is 8.44. The second-order valence-electron chi connectivity index (χ2n) is 7.22. The number of anilines is 1. The molecule has 3 aromatic rings. The van der Waals surface area contributed by atoms with Gasteiger partial charge in [-0.25, -0.2) is 4.39 Å². The van der Waals surface area contributed by atoms with Crippen molar-refractivity contribution in [2.75, 3.05) is 12.4 Å². The van der Waals surface area contributed by atoms with Crippen LogP contribution in [0, 0.1) is 17.1 Å². The number of nitriles is 1. The molecule has 0 spiro atoms. The maximum atomic E-state index is 14.0. The minimum absolute atomic E-state index is 0.00779. The summed E-state index contributed by atoms with van der Waals surface area (Å²) in [6, 6.07) is 18.3. The topological polar surface area (TPSA) is 71.4 Å². The largest absolute Gasteiger partial charge is 0.493 e. The standard InChI is InChI=1S/C27H22ClFN2O3/c1-3-7-19-12-18(13-21(16-30)27(32)31-23-10-6-9-22(28)15-23)14-25(33-2)26(19)34-17-20-8-4-5-11-24(20)29/h3-6,8-15H,1,7,17H2,2H3,(H,31,32)/b21-13+. The summed E-state index contributed by atoms with van der Waals surface area (Å²) in [5.41, 5.74) is 2.05. The van der Waals surface area contributed by atoms with Crippen molar-refractivity contribution in [1.29, 1.82) is 5.26 Å². The third kappa shape index (κ3) is 6.25. The molecule has 7 heteroatoms. The van der Waals surface area contributed by atoms with Crippen LogP contribution in [0.3, 0.4) is 0 Å². The molecule has 0 bridgehead atoms. The number of amides is 1. The fourth-order valence-electron chi connectivity index (χ4n) is 3.23. The average molecular weight is 477 g/mol. The predicted molar refractivity (Wildman–Crippen MR) is 131 cm³/mol. The van der Waals surface area contributed by atoms with Crippen LogP contribution in [0.5, 0.6) is 11.5 Å². The number of hydrogen-bond acceptors (Lipinski definition) is 4. The summed E-state index contributed by atoms with van der Waals surface area (Å²) in [7, 11) is 1.48. The first-order valence-corrected chi connectivity index (χ1v) is 10.7. The molecule has 0 aliphatic heterocycles. The van der Waals surface area contributed by atoms with Gasteiger partial charge in [-0.3, -0.25) is 4.79 Å². The first kappa shape index (κ1) is 24.6. The average Bonchev–Trinajstić information content (AvgIpc) is 2.82. The molecule has 1 amide bonds. The van der Waals surface area contributed by atoms with E-state index in [0.717, 1.165) is 0 Å². The van der Waals surface area contributed by atoms with Crippen LogP contribution >= 0.6 is 11.6 Å². The lowest BCUT2D eigenvalue weighted by Gasteiger charge is -2.16. The number of ether oxygens (including phenoxy) is 2. The van der Waals surface area contributed by atoms with Crippen molar-refractivity contribution in [2.24, 2.45) is 0 Å². The van der Waals surface area contributed by atoms with Crippen LogP contribution in [0.15, 0.2) is 78.9 Å². The number of nitrogens with zero attached hydrogens (tertiary/aromatic N) is 1. The first-order chi connectivity index (χ1) is 16.4. The monoisotopic (exact) mass is 476 g/mol. The van der Waals surface area contributed by atoms with Crippen LogP contribution in [0.4, 0.5) is 10.1 Å². The molecule has 0 aliphatic rings. The third-order valence-corrected chi connectivity index (χ3v) is 5.06. The molecule has 0 saturated heterocycles. The second kappa shape index (κ2) is 11.7. The SMILES string of the molecule is C=CCc1cc(/C=C(\C#N)C(=O)Nc2cccc(Cl)c2)cc(OC)c1OCc1ccccc1F. The van der Waals surface area contributed by atoms with Gasteiger partial charge in [-0.15, -0.1) is 6.58 Å². The van der Waals surface area contributed by atoms with Crippen molar-refractivity contribution in [3.8, 4) is 17.6 Å². The van der Waals surface area contributed by atoms with Crippen LogP contribution in [-0.2, 0) is 17.8 Å². The van der Waals surface area contributed by atoms with Gasteiger partial charge in [-0.2, -0.15) is 5.26 Å². The summed E-state index contributed by atoms with van der Waals surface area (Å²) in [5.74, 6) is -0.122. The van der Waals surface area contributed by atoms with E-state index < -0.39 is 5.91 Å². The van der Waals surface area contributed by atoms with Crippen LogP contribution < -0.4 is 14.8 Å². The van der Waals surface area contributed by atoms with E-state index >= 15 is 0 Å². The highest BCUT2D eigenvalue weighted by Gasteiger charge is 2.16. The molecule has 0 unspecified atom stereocenters. The number of nitrogens with one attached hydrogen (secondary N) is 1. The van der Waals surface area contributed by atoms with Crippen molar-refractivity contribution < 1.29 is 18.7 Å². The lowest BCUT2D eigenvalue weighted by molar-refractivity contribution is -0.112. The summed E-state index contributed by atoms with van der Waals surface area (Å²) in [4.78, 5) is 12.6. The van der Waals surface area contributed by atoms with E-state index in [2.05, 4.69) is 11.9 Å². The van der Waals surface area contributed by atoms with Gasteiger partial charge in [0.05, 0.1) is 7.11 Å². The minimum atomic E-state index is -0.575. The van der Waals surface area contributed by atoms with Crippen LogP contribution in [0.25, 0.3) is 6.08 Å². The molecule has 0 saturated carbocycles. The van der Waals surface area contributed by atoms with Gasteiger partial charge in [-0.1, -0.05) is 41.9 Å². The number of halogens is 2. The Morgan fingerprint density at radius 1 is 1.18 bits per heavy atom. The van der Waals surface area contributed by atoms with E-state index in [0.29, 0.717) is 45.3 Å². The third-order valence-electron chi connectivity index (χ3n) is 4.83. The number of hydrogen-bond donors (Lipinski definition) is 1. The molecule has 0 radical (unpaired) electrons. The molecular formula is C27H22ClFN2O3. The number of allylic oxidation sites excluding steroid dienone is 1. The molecule has 34 heavy (non-hydrogen) atoms. The first-order valence-electron chi connectivity index (χ1n) is 10.3. The van der Waals surface area contributed by atoms with E-state index in [9.17, 15) is 14.4 Å². The zero-order valence-corrected chi connectivity index (χ0v) is 19.2. The highest BCUT2D eigenvalue weighted by molar-refractivity contribution is 6.31. The lowest BCUT2D eigenvalue weighted by atomic mass is 10.0. The molecule has 5 nitrogen and oxygen atoms in total. The summed E-state index contributed by atoms with van der Waals surface area (Å²) < 4.78 is 25.4. The van der Waals surface area contributed by atoms with E-state index in [1.54, 1.807) is 60.7 Å². The Balaban J connectivity index is 1.91. The maximum absolute atomic E-state index is 14.0. The molecule has 0 atom stereocenters. The fraction of sp³-hybridized carbons (Fsp3) is 0.111.